The lowest BCUT2D eigenvalue weighted by molar-refractivity contribution is 0.113. The molecule has 0 radical (unpaired) electrons. The minimum absolute atomic E-state index is 0.307. The molecule has 2 aliphatic heterocycles. The van der Waals surface area contributed by atoms with Crippen molar-refractivity contribution >= 4 is 0 Å². The standard InChI is InChI=1S/C17H21NO2/c1-18-8-7-13-12-4-2-3-9-20-17-15(19)6-5-11(16(13)17)10-14(12)18/h2,4-6,12-14,19H,3,7-10H2,1H3. The van der Waals surface area contributed by atoms with Crippen LogP contribution in [0.2, 0.25) is 0 Å². The molecule has 1 N–H and O–H groups in total. The second-order valence-corrected chi connectivity index (χ2v) is 6.28. The van der Waals surface area contributed by atoms with Crippen molar-refractivity contribution < 1.29 is 9.84 Å². The zero-order valence-corrected chi connectivity index (χ0v) is 11.9. The fraction of sp³-hybridized carbons (Fsp3) is 0.529. The van der Waals surface area contributed by atoms with Gasteiger partial charge in [0.2, 0.25) is 0 Å². The molecule has 3 aliphatic rings. The van der Waals surface area contributed by atoms with Gasteiger partial charge in [-0.05, 0) is 56.3 Å². The van der Waals surface area contributed by atoms with Gasteiger partial charge in [-0.15, -0.1) is 0 Å². The van der Waals surface area contributed by atoms with Gasteiger partial charge in [0.1, 0.15) is 0 Å². The summed E-state index contributed by atoms with van der Waals surface area (Å²) in [5.74, 6) is 2.12. The van der Waals surface area contributed by atoms with Crippen molar-refractivity contribution in [3.63, 3.8) is 0 Å². The van der Waals surface area contributed by atoms with E-state index in [1.165, 1.54) is 11.1 Å². The SMILES string of the molecule is CN1CCC2c3c4ccc(O)c3OCCC=CC2C1C4. The van der Waals surface area contributed by atoms with E-state index in [1.807, 2.05) is 0 Å². The summed E-state index contributed by atoms with van der Waals surface area (Å²) in [7, 11) is 2.24. The third-order valence-electron chi connectivity index (χ3n) is 5.22. The van der Waals surface area contributed by atoms with Gasteiger partial charge in [0.15, 0.2) is 11.5 Å². The van der Waals surface area contributed by atoms with E-state index < -0.39 is 0 Å². The molecule has 0 saturated carbocycles. The second kappa shape index (κ2) is 4.52. The first kappa shape index (κ1) is 12.3. The largest absolute Gasteiger partial charge is 0.504 e. The van der Waals surface area contributed by atoms with E-state index in [4.69, 9.17) is 4.74 Å². The third-order valence-corrected chi connectivity index (χ3v) is 5.22. The first-order chi connectivity index (χ1) is 9.75. The van der Waals surface area contributed by atoms with Gasteiger partial charge in [0, 0.05) is 11.6 Å². The summed E-state index contributed by atoms with van der Waals surface area (Å²) in [6.07, 6.45) is 7.79. The number of likely N-dealkylation sites (tertiary alicyclic amines) is 1. The van der Waals surface area contributed by atoms with Gasteiger partial charge >= 0.3 is 0 Å². The second-order valence-electron chi connectivity index (χ2n) is 6.28. The van der Waals surface area contributed by atoms with E-state index in [9.17, 15) is 5.11 Å². The van der Waals surface area contributed by atoms with Crippen molar-refractivity contribution in [2.75, 3.05) is 20.2 Å². The molecule has 3 nitrogen and oxygen atoms in total. The van der Waals surface area contributed by atoms with Gasteiger partial charge in [0.05, 0.1) is 6.61 Å². The Labute approximate surface area is 119 Å². The Kier molecular flexibility index (Phi) is 2.77. The molecule has 3 unspecified atom stereocenters. The molecule has 0 aromatic heterocycles. The maximum atomic E-state index is 10.2. The first-order valence-electron chi connectivity index (χ1n) is 7.60. The van der Waals surface area contributed by atoms with Crippen molar-refractivity contribution in [2.45, 2.75) is 31.2 Å². The van der Waals surface area contributed by atoms with Crippen molar-refractivity contribution in [2.24, 2.45) is 5.92 Å². The van der Waals surface area contributed by atoms with Crippen LogP contribution in [0.4, 0.5) is 0 Å². The summed E-state index contributed by atoms with van der Waals surface area (Å²) < 4.78 is 5.91. The number of benzene rings is 1. The van der Waals surface area contributed by atoms with E-state index in [0.29, 0.717) is 30.2 Å². The number of rotatable bonds is 0. The summed E-state index contributed by atoms with van der Waals surface area (Å²) in [5.41, 5.74) is 2.65. The number of aromatic hydroxyl groups is 1. The Bertz CT molecular complexity index is 566. The minimum atomic E-state index is 0.307. The average Bonchev–Trinajstić information content (AvgIpc) is 2.51. The molecule has 1 aromatic carbocycles. The Morgan fingerprint density at radius 1 is 1.35 bits per heavy atom. The molecule has 0 spiro atoms. The van der Waals surface area contributed by atoms with Crippen LogP contribution in [0.5, 0.6) is 11.5 Å². The number of phenols is 1. The number of hydrogen-bond acceptors (Lipinski definition) is 3. The number of likely N-dealkylation sites (N-methyl/N-ethyl adjacent to an activating group) is 1. The highest BCUT2D eigenvalue weighted by molar-refractivity contribution is 5.54. The van der Waals surface area contributed by atoms with Crippen LogP contribution >= 0.6 is 0 Å². The van der Waals surface area contributed by atoms with Gasteiger partial charge in [-0.25, -0.2) is 0 Å². The van der Waals surface area contributed by atoms with Crippen LogP contribution in [-0.2, 0) is 6.42 Å². The highest BCUT2D eigenvalue weighted by Gasteiger charge is 2.42. The van der Waals surface area contributed by atoms with Crippen LogP contribution in [0, 0.1) is 5.92 Å². The van der Waals surface area contributed by atoms with E-state index >= 15 is 0 Å². The number of piperidine rings is 1. The highest BCUT2D eigenvalue weighted by atomic mass is 16.5. The first-order valence-corrected chi connectivity index (χ1v) is 7.60. The zero-order chi connectivity index (χ0) is 13.7. The zero-order valence-electron chi connectivity index (χ0n) is 11.9. The predicted molar refractivity (Wildman–Crippen MR) is 78.3 cm³/mol. The van der Waals surface area contributed by atoms with Gasteiger partial charge in [-0.3, -0.25) is 0 Å². The van der Waals surface area contributed by atoms with Crippen molar-refractivity contribution in [1.82, 2.24) is 4.90 Å². The topological polar surface area (TPSA) is 32.7 Å². The Hall–Kier alpha value is -1.48. The maximum Gasteiger partial charge on any atom is 0.164 e. The smallest absolute Gasteiger partial charge is 0.164 e. The van der Waals surface area contributed by atoms with Crippen molar-refractivity contribution in [3.05, 3.63) is 35.4 Å². The Morgan fingerprint density at radius 3 is 3.15 bits per heavy atom. The summed E-state index contributed by atoms with van der Waals surface area (Å²) in [4.78, 5) is 2.50. The fourth-order valence-corrected chi connectivity index (χ4v) is 4.23. The van der Waals surface area contributed by atoms with Gasteiger partial charge < -0.3 is 14.7 Å². The summed E-state index contributed by atoms with van der Waals surface area (Å²) in [6.45, 7) is 1.79. The monoisotopic (exact) mass is 271 g/mol. The molecule has 1 saturated heterocycles. The average molecular weight is 271 g/mol. The molecule has 2 heterocycles. The molecule has 1 fully saturated rings. The van der Waals surface area contributed by atoms with E-state index in [0.717, 1.165) is 31.6 Å². The van der Waals surface area contributed by atoms with Crippen LogP contribution in [0.15, 0.2) is 24.3 Å². The predicted octanol–water partition coefficient (Wildman–Crippen LogP) is 2.69. The number of hydrogen-bond donors (Lipinski definition) is 1. The van der Waals surface area contributed by atoms with Gasteiger partial charge in [-0.1, -0.05) is 18.2 Å². The molecule has 1 aliphatic carbocycles. The lowest BCUT2D eigenvalue weighted by Crippen LogP contribution is -2.49. The number of nitrogens with zero attached hydrogens (tertiary/aromatic N) is 1. The molecule has 20 heavy (non-hydrogen) atoms. The van der Waals surface area contributed by atoms with Crippen molar-refractivity contribution in [1.29, 1.82) is 0 Å². The van der Waals surface area contributed by atoms with E-state index in [1.54, 1.807) is 6.07 Å². The fourth-order valence-electron chi connectivity index (χ4n) is 4.23. The lowest BCUT2D eigenvalue weighted by Gasteiger charge is -2.47. The van der Waals surface area contributed by atoms with E-state index in [2.05, 4.69) is 30.2 Å². The molecule has 0 amide bonds. The molecule has 1 aromatic rings. The molecule has 3 atom stereocenters. The maximum absolute atomic E-state index is 10.2. The summed E-state index contributed by atoms with van der Waals surface area (Å²) in [5, 5.41) is 10.2. The lowest BCUT2D eigenvalue weighted by atomic mass is 9.67. The summed E-state index contributed by atoms with van der Waals surface area (Å²) in [6, 6.07) is 4.48. The Morgan fingerprint density at radius 2 is 2.25 bits per heavy atom. The van der Waals surface area contributed by atoms with Crippen molar-refractivity contribution in [3.8, 4) is 11.5 Å². The normalized spacial score (nSPS) is 31.9. The minimum Gasteiger partial charge on any atom is -0.504 e. The number of phenolic OH excluding ortho intramolecular Hbond substituents is 1. The quantitative estimate of drug-likeness (QED) is 0.736. The van der Waals surface area contributed by atoms with E-state index in [-0.39, 0.29) is 0 Å². The molecule has 4 rings (SSSR count). The van der Waals surface area contributed by atoms with Gasteiger partial charge in [0.25, 0.3) is 0 Å². The Balaban J connectivity index is 1.93. The number of ether oxygens (including phenoxy) is 1. The van der Waals surface area contributed by atoms with Crippen LogP contribution in [0.25, 0.3) is 0 Å². The molecular weight excluding hydrogens is 250 g/mol. The third kappa shape index (κ3) is 1.69. The molecule has 4 bridgehead atoms. The molecule has 3 heteroatoms. The molecule has 106 valence electrons. The highest BCUT2D eigenvalue weighted by Crippen LogP contribution is 2.50. The van der Waals surface area contributed by atoms with Crippen LogP contribution in [0.3, 0.4) is 0 Å². The summed E-state index contributed by atoms with van der Waals surface area (Å²) >= 11 is 0. The van der Waals surface area contributed by atoms with Crippen LogP contribution in [-0.4, -0.2) is 36.2 Å². The van der Waals surface area contributed by atoms with Crippen LogP contribution in [0.1, 0.15) is 29.9 Å². The van der Waals surface area contributed by atoms with Crippen LogP contribution < -0.4 is 4.74 Å². The molecular formula is C17H21NO2. The van der Waals surface area contributed by atoms with Gasteiger partial charge in [-0.2, -0.15) is 0 Å².